The molecule has 1 heterocycles. The number of hydrogen-bond acceptors (Lipinski definition) is 4. The molecule has 0 spiro atoms. The second-order valence-electron chi connectivity index (χ2n) is 5.36. The number of anilines is 1. The maximum atomic E-state index is 11.8. The van der Waals surface area contributed by atoms with Crippen molar-refractivity contribution in [2.45, 2.75) is 45.6 Å². The maximum Gasteiger partial charge on any atom is 0.326 e. The summed E-state index contributed by atoms with van der Waals surface area (Å²) in [7, 11) is 0. The molecule has 20 heavy (non-hydrogen) atoms. The molecule has 0 unspecified atom stereocenters. The highest BCUT2D eigenvalue weighted by Gasteiger charge is 2.22. The molecule has 1 aliphatic carbocycles. The van der Waals surface area contributed by atoms with Crippen molar-refractivity contribution >= 4 is 28.5 Å². The molecule has 7 heteroatoms. The Balaban J connectivity index is 1.91. The first-order valence-electron chi connectivity index (χ1n) is 6.74. The van der Waals surface area contributed by atoms with Crippen LogP contribution in [0.1, 0.15) is 37.3 Å². The van der Waals surface area contributed by atoms with E-state index in [9.17, 15) is 9.59 Å². The van der Waals surface area contributed by atoms with Gasteiger partial charge in [-0.25, -0.2) is 14.6 Å². The van der Waals surface area contributed by atoms with Crippen LogP contribution in [0.2, 0.25) is 0 Å². The monoisotopic (exact) mass is 297 g/mol. The van der Waals surface area contributed by atoms with Gasteiger partial charge in [-0.15, -0.1) is 11.3 Å². The highest BCUT2D eigenvalue weighted by Crippen LogP contribution is 2.30. The number of nitrogens with one attached hydrogen (secondary N) is 2. The van der Waals surface area contributed by atoms with Gasteiger partial charge in [-0.1, -0.05) is 13.8 Å². The number of carboxylic acids is 1. The molecule has 2 amide bonds. The summed E-state index contributed by atoms with van der Waals surface area (Å²) >= 11 is 1.47. The quantitative estimate of drug-likeness (QED) is 0.777. The lowest BCUT2D eigenvalue weighted by molar-refractivity contribution is -0.139. The van der Waals surface area contributed by atoms with Crippen LogP contribution in [-0.2, 0) is 17.6 Å². The molecule has 0 fully saturated rings. The number of fused-ring (bicyclic) bond motifs is 1. The van der Waals surface area contributed by atoms with Crippen molar-refractivity contribution in [1.29, 1.82) is 0 Å². The number of carboxylic acid groups (broad SMARTS) is 1. The molecule has 0 bridgehead atoms. The van der Waals surface area contributed by atoms with Crippen LogP contribution in [0.3, 0.4) is 0 Å². The second kappa shape index (κ2) is 6.21. The molecule has 1 aromatic heterocycles. The smallest absolute Gasteiger partial charge is 0.326 e. The Morgan fingerprint density at radius 1 is 1.40 bits per heavy atom. The average molecular weight is 297 g/mol. The maximum absolute atomic E-state index is 11.8. The van der Waals surface area contributed by atoms with Crippen LogP contribution in [0.25, 0.3) is 0 Å². The molecule has 3 N–H and O–H groups in total. The van der Waals surface area contributed by atoms with Crippen LogP contribution in [0.4, 0.5) is 9.93 Å². The van der Waals surface area contributed by atoms with Gasteiger partial charge in [0, 0.05) is 4.88 Å². The Bertz CT molecular complexity index is 491. The predicted molar refractivity (Wildman–Crippen MR) is 77.2 cm³/mol. The number of amides is 2. The highest BCUT2D eigenvalue weighted by molar-refractivity contribution is 7.15. The van der Waals surface area contributed by atoms with E-state index < -0.39 is 18.0 Å². The summed E-state index contributed by atoms with van der Waals surface area (Å²) in [5.41, 5.74) is 1.06. The van der Waals surface area contributed by atoms with Gasteiger partial charge in [-0.3, -0.25) is 5.32 Å². The summed E-state index contributed by atoms with van der Waals surface area (Å²) in [4.78, 5) is 28.5. The standard InChI is InChI=1S/C13H19N3O3S/c1-7(2)6-9(11(17)18)14-12(19)16-13-15-8-4-3-5-10(8)20-13/h7,9H,3-6H2,1-2H3,(H,17,18)(H2,14,15,16,19)/t9-/m0/s1. The third kappa shape index (κ3) is 3.69. The fraction of sp³-hybridized carbons (Fsp3) is 0.615. The second-order valence-corrected chi connectivity index (χ2v) is 6.44. The van der Waals surface area contributed by atoms with Gasteiger partial charge in [0.05, 0.1) is 5.69 Å². The first-order chi connectivity index (χ1) is 9.45. The molecule has 1 aromatic rings. The summed E-state index contributed by atoms with van der Waals surface area (Å²) in [5, 5.41) is 14.7. The Morgan fingerprint density at radius 3 is 2.75 bits per heavy atom. The number of aromatic nitrogens is 1. The molecular weight excluding hydrogens is 278 g/mol. The summed E-state index contributed by atoms with van der Waals surface area (Å²) in [6.07, 6.45) is 3.49. The minimum absolute atomic E-state index is 0.195. The Hall–Kier alpha value is -1.63. The minimum atomic E-state index is -1.02. The molecule has 0 radical (unpaired) electrons. The number of hydrogen-bond donors (Lipinski definition) is 3. The molecule has 6 nitrogen and oxygen atoms in total. The van der Waals surface area contributed by atoms with E-state index >= 15 is 0 Å². The van der Waals surface area contributed by atoms with Crippen molar-refractivity contribution in [3.63, 3.8) is 0 Å². The van der Waals surface area contributed by atoms with Gasteiger partial charge in [0.2, 0.25) is 0 Å². The molecule has 1 aliphatic rings. The molecule has 0 aromatic carbocycles. The van der Waals surface area contributed by atoms with Crippen molar-refractivity contribution in [2.75, 3.05) is 5.32 Å². The van der Waals surface area contributed by atoms with Gasteiger partial charge in [0.1, 0.15) is 6.04 Å². The number of nitrogens with zero attached hydrogens (tertiary/aromatic N) is 1. The molecule has 110 valence electrons. The van der Waals surface area contributed by atoms with Crippen molar-refractivity contribution in [1.82, 2.24) is 10.3 Å². The lowest BCUT2D eigenvalue weighted by Gasteiger charge is -2.16. The lowest BCUT2D eigenvalue weighted by atomic mass is 10.0. The normalized spacial score (nSPS) is 14.9. The topological polar surface area (TPSA) is 91.3 Å². The zero-order valence-corrected chi connectivity index (χ0v) is 12.4. The number of carbonyl (C=O) groups excluding carboxylic acids is 1. The third-order valence-electron chi connectivity index (χ3n) is 3.13. The van der Waals surface area contributed by atoms with E-state index in [1.807, 2.05) is 13.8 Å². The van der Waals surface area contributed by atoms with Gasteiger partial charge >= 0.3 is 12.0 Å². The van der Waals surface area contributed by atoms with Crippen molar-refractivity contribution in [3.8, 4) is 0 Å². The zero-order chi connectivity index (χ0) is 14.7. The van der Waals surface area contributed by atoms with Gasteiger partial charge in [-0.2, -0.15) is 0 Å². The summed E-state index contributed by atoms with van der Waals surface area (Å²) in [6.45, 7) is 3.84. The van der Waals surface area contributed by atoms with E-state index in [1.54, 1.807) is 0 Å². The van der Waals surface area contributed by atoms with Gasteiger partial charge < -0.3 is 10.4 Å². The van der Waals surface area contributed by atoms with E-state index in [-0.39, 0.29) is 5.92 Å². The van der Waals surface area contributed by atoms with Gasteiger partial charge in [0.25, 0.3) is 0 Å². The molecule has 0 saturated carbocycles. The van der Waals surface area contributed by atoms with E-state index in [1.165, 1.54) is 16.2 Å². The summed E-state index contributed by atoms with van der Waals surface area (Å²) in [6, 6.07) is -1.38. The number of urea groups is 1. The largest absolute Gasteiger partial charge is 0.480 e. The predicted octanol–water partition coefficient (Wildman–Crippen LogP) is 2.25. The van der Waals surface area contributed by atoms with Crippen molar-refractivity contribution in [2.24, 2.45) is 5.92 Å². The molecule has 0 aliphatic heterocycles. The van der Waals surface area contributed by atoms with Crippen molar-refractivity contribution in [3.05, 3.63) is 10.6 Å². The molecule has 0 saturated heterocycles. The summed E-state index contributed by atoms with van der Waals surface area (Å²) in [5.74, 6) is -0.824. The highest BCUT2D eigenvalue weighted by atomic mass is 32.1. The van der Waals surface area contributed by atoms with E-state index in [2.05, 4.69) is 15.6 Å². The van der Waals surface area contributed by atoms with Crippen LogP contribution in [-0.4, -0.2) is 28.1 Å². The number of thiazole rings is 1. The van der Waals surface area contributed by atoms with Crippen LogP contribution in [0.15, 0.2) is 0 Å². The van der Waals surface area contributed by atoms with E-state index in [0.717, 1.165) is 25.0 Å². The van der Waals surface area contributed by atoms with Gasteiger partial charge in [-0.05, 0) is 31.6 Å². The van der Waals surface area contributed by atoms with Crippen molar-refractivity contribution < 1.29 is 14.7 Å². The number of aliphatic carboxylic acids is 1. The SMILES string of the molecule is CC(C)C[C@H](NC(=O)Nc1nc2c(s1)CCC2)C(=O)O. The Kier molecular flexibility index (Phi) is 4.59. The van der Waals surface area contributed by atoms with Crippen LogP contribution < -0.4 is 10.6 Å². The Labute approximate surface area is 121 Å². The number of aryl methyl sites for hydroxylation is 2. The zero-order valence-electron chi connectivity index (χ0n) is 11.6. The number of rotatable bonds is 5. The lowest BCUT2D eigenvalue weighted by Crippen LogP contribution is -2.43. The molecule has 1 atom stereocenters. The van der Waals surface area contributed by atoms with Crippen LogP contribution >= 0.6 is 11.3 Å². The van der Waals surface area contributed by atoms with E-state index in [0.29, 0.717) is 11.6 Å². The first-order valence-corrected chi connectivity index (χ1v) is 7.56. The molecule has 2 rings (SSSR count). The number of carbonyl (C=O) groups is 2. The Morgan fingerprint density at radius 2 is 2.15 bits per heavy atom. The third-order valence-corrected chi connectivity index (χ3v) is 4.20. The van der Waals surface area contributed by atoms with Crippen LogP contribution in [0, 0.1) is 5.92 Å². The first kappa shape index (κ1) is 14.8. The fourth-order valence-electron chi connectivity index (χ4n) is 2.23. The molecular formula is C13H19N3O3S. The van der Waals surface area contributed by atoms with E-state index in [4.69, 9.17) is 5.11 Å². The minimum Gasteiger partial charge on any atom is -0.480 e. The van der Waals surface area contributed by atoms with Gasteiger partial charge in [0.15, 0.2) is 5.13 Å². The average Bonchev–Trinajstić information content (AvgIpc) is 2.87. The fourth-order valence-corrected chi connectivity index (χ4v) is 3.27. The summed E-state index contributed by atoms with van der Waals surface area (Å²) < 4.78 is 0. The van der Waals surface area contributed by atoms with Crippen LogP contribution in [0.5, 0.6) is 0 Å².